The predicted octanol–water partition coefficient (Wildman–Crippen LogP) is 3.01. The SMILES string of the molecule is [O-]P(Oc1ccc(F)cc1)Oc1ccc(F)cc1. The summed E-state index contributed by atoms with van der Waals surface area (Å²) in [5, 5.41) is 0. The number of hydrogen-bond donors (Lipinski definition) is 0. The first-order valence-corrected chi connectivity index (χ1v) is 6.07. The summed E-state index contributed by atoms with van der Waals surface area (Å²) < 4.78 is 35.1. The standard InChI is InChI=1S/C12H8F2O3P/c13-9-1-5-11(6-2-9)16-18(15)17-12-7-3-10(14)4-8-12/h1-8H/q-1. The van der Waals surface area contributed by atoms with Crippen molar-refractivity contribution in [2.75, 3.05) is 0 Å². The van der Waals surface area contributed by atoms with Gasteiger partial charge in [0.15, 0.2) is 0 Å². The van der Waals surface area contributed by atoms with Crippen LogP contribution in [0.1, 0.15) is 0 Å². The van der Waals surface area contributed by atoms with Crippen molar-refractivity contribution in [2.24, 2.45) is 0 Å². The summed E-state index contributed by atoms with van der Waals surface area (Å²) in [6.45, 7) is 0. The fourth-order valence-electron chi connectivity index (χ4n) is 1.18. The number of halogens is 2. The molecule has 0 fully saturated rings. The van der Waals surface area contributed by atoms with Crippen molar-refractivity contribution in [1.82, 2.24) is 0 Å². The van der Waals surface area contributed by atoms with Gasteiger partial charge in [-0.3, -0.25) is 0 Å². The quantitative estimate of drug-likeness (QED) is 0.801. The molecule has 0 saturated carbocycles. The molecule has 2 rings (SSSR count). The van der Waals surface area contributed by atoms with Crippen LogP contribution in [0, 0.1) is 11.6 Å². The molecular formula is C12H8F2O3P-. The molecule has 0 N–H and O–H groups in total. The van der Waals surface area contributed by atoms with Crippen LogP contribution >= 0.6 is 8.60 Å². The molecule has 0 aliphatic rings. The van der Waals surface area contributed by atoms with Crippen LogP contribution in [0.2, 0.25) is 0 Å². The lowest BCUT2D eigenvalue weighted by atomic mass is 10.3. The largest absolute Gasteiger partial charge is 0.765 e. The minimum Gasteiger partial charge on any atom is -0.765 e. The maximum absolute atomic E-state index is 12.6. The van der Waals surface area contributed by atoms with E-state index in [9.17, 15) is 13.7 Å². The molecule has 2 aromatic rings. The van der Waals surface area contributed by atoms with Crippen molar-refractivity contribution in [1.29, 1.82) is 0 Å². The van der Waals surface area contributed by atoms with Crippen molar-refractivity contribution >= 4 is 8.60 Å². The van der Waals surface area contributed by atoms with Crippen LogP contribution in [-0.4, -0.2) is 0 Å². The third-order valence-electron chi connectivity index (χ3n) is 1.99. The van der Waals surface area contributed by atoms with E-state index in [4.69, 9.17) is 9.05 Å². The topological polar surface area (TPSA) is 41.5 Å². The Kier molecular flexibility index (Phi) is 4.07. The molecule has 0 saturated heterocycles. The fourth-order valence-corrected chi connectivity index (χ4v) is 1.81. The molecule has 0 aromatic heterocycles. The lowest BCUT2D eigenvalue weighted by Crippen LogP contribution is -2.07. The Morgan fingerprint density at radius 3 is 1.39 bits per heavy atom. The highest BCUT2D eigenvalue weighted by Gasteiger charge is 2.02. The van der Waals surface area contributed by atoms with Gasteiger partial charge in [0.05, 0.1) is 0 Å². The van der Waals surface area contributed by atoms with Crippen LogP contribution in [0.4, 0.5) is 8.78 Å². The number of benzene rings is 2. The van der Waals surface area contributed by atoms with Crippen molar-refractivity contribution in [3.63, 3.8) is 0 Å². The lowest BCUT2D eigenvalue weighted by Gasteiger charge is -2.22. The fraction of sp³-hybridized carbons (Fsp3) is 0. The van der Waals surface area contributed by atoms with Crippen molar-refractivity contribution < 1.29 is 22.7 Å². The van der Waals surface area contributed by atoms with E-state index in [2.05, 4.69) is 0 Å². The maximum atomic E-state index is 12.6. The van der Waals surface area contributed by atoms with Gasteiger partial charge in [0.25, 0.3) is 0 Å². The molecule has 0 heterocycles. The monoisotopic (exact) mass is 269 g/mol. The molecule has 0 unspecified atom stereocenters. The van der Waals surface area contributed by atoms with Gasteiger partial charge in [0.1, 0.15) is 23.1 Å². The second-order valence-electron chi connectivity index (χ2n) is 3.31. The number of rotatable bonds is 4. The van der Waals surface area contributed by atoms with Crippen LogP contribution in [0.5, 0.6) is 11.5 Å². The highest BCUT2D eigenvalue weighted by atomic mass is 31.2. The maximum Gasteiger partial charge on any atom is 0.210 e. The summed E-state index contributed by atoms with van der Waals surface area (Å²) in [6, 6.07) is 10.0. The summed E-state index contributed by atoms with van der Waals surface area (Å²) >= 11 is 0. The van der Waals surface area contributed by atoms with E-state index < -0.39 is 20.2 Å². The summed E-state index contributed by atoms with van der Waals surface area (Å²) in [5.74, 6) is -0.395. The van der Waals surface area contributed by atoms with Crippen LogP contribution < -0.4 is 13.9 Å². The average molecular weight is 269 g/mol. The summed E-state index contributed by atoms with van der Waals surface area (Å²) in [5.41, 5.74) is 0. The first-order chi connectivity index (χ1) is 8.63. The Bertz CT molecular complexity index is 454. The van der Waals surface area contributed by atoms with Crippen LogP contribution in [0.3, 0.4) is 0 Å². The molecule has 0 atom stereocenters. The van der Waals surface area contributed by atoms with E-state index in [1.54, 1.807) is 0 Å². The van der Waals surface area contributed by atoms with Crippen LogP contribution in [0.15, 0.2) is 48.5 Å². The van der Waals surface area contributed by atoms with E-state index >= 15 is 0 Å². The van der Waals surface area contributed by atoms with E-state index in [0.717, 1.165) is 0 Å². The molecule has 94 valence electrons. The Labute approximate surface area is 104 Å². The molecule has 0 spiro atoms. The average Bonchev–Trinajstić information content (AvgIpc) is 2.35. The van der Waals surface area contributed by atoms with Gasteiger partial charge < -0.3 is 13.9 Å². The van der Waals surface area contributed by atoms with Gasteiger partial charge in [0.2, 0.25) is 8.60 Å². The molecule has 0 radical (unpaired) electrons. The minimum atomic E-state index is -2.45. The summed E-state index contributed by atoms with van der Waals surface area (Å²) in [6.07, 6.45) is 0. The van der Waals surface area contributed by atoms with Crippen molar-refractivity contribution in [3.05, 3.63) is 60.2 Å². The summed E-state index contributed by atoms with van der Waals surface area (Å²) in [4.78, 5) is 11.5. The Morgan fingerprint density at radius 2 is 1.06 bits per heavy atom. The first-order valence-electron chi connectivity index (χ1n) is 4.98. The highest BCUT2D eigenvalue weighted by Crippen LogP contribution is 2.32. The van der Waals surface area contributed by atoms with Gasteiger partial charge in [-0.2, -0.15) is 0 Å². The first kappa shape index (κ1) is 12.7. The van der Waals surface area contributed by atoms with E-state index in [1.165, 1.54) is 48.5 Å². The highest BCUT2D eigenvalue weighted by molar-refractivity contribution is 7.39. The molecule has 18 heavy (non-hydrogen) atoms. The molecule has 0 bridgehead atoms. The van der Waals surface area contributed by atoms with E-state index in [1.807, 2.05) is 0 Å². The smallest absolute Gasteiger partial charge is 0.210 e. The molecule has 6 heteroatoms. The zero-order chi connectivity index (χ0) is 13.0. The Balaban J connectivity index is 1.94. The molecule has 3 nitrogen and oxygen atoms in total. The van der Waals surface area contributed by atoms with E-state index in [-0.39, 0.29) is 11.5 Å². The normalized spacial score (nSPS) is 10.4. The Hall–Kier alpha value is -1.71. The molecule has 0 amide bonds. The second kappa shape index (κ2) is 5.76. The minimum absolute atomic E-state index is 0.222. The van der Waals surface area contributed by atoms with Crippen molar-refractivity contribution in [3.8, 4) is 11.5 Å². The third kappa shape index (κ3) is 3.65. The molecule has 0 aliphatic heterocycles. The summed E-state index contributed by atoms with van der Waals surface area (Å²) in [7, 11) is -2.45. The third-order valence-corrected chi connectivity index (χ3v) is 2.71. The van der Waals surface area contributed by atoms with Crippen LogP contribution in [0.25, 0.3) is 0 Å². The molecular weight excluding hydrogens is 261 g/mol. The van der Waals surface area contributed by atoms with Crippen LogP contribution in [-0.2, 0) is 0 Å². The zero-order valence-corrected chi connectivity index (χ0v) is 9.94. The van der Waals surface area contributed by atoms with Gasteiger partial charge in [-0.05, 0) is 48.5 Å². The number of hydrogen-bond acceptors (Lipinski definition) is 3. The second-order valence-corrected chi connectivity index (χ2v) is 4.13. The molecule has 2 aromatic carbocycles. The van der Waals surface area contributed by atoms with Gasteiger partial charge in [0, 0.05) is 0 Å². The van der Waals surface area contributed by atoms with Gasteiger partial charge in [-0.25, -0.2) is 8.78 Å². The zero-order valence-electron chi connectivity index (χ0n) is 9.05. The van der Waals surface area contributed by atoms with Gasteiger partial charge >= 0.3 is 0 Å². The Morgan fingerprint density at radius 1 is 0.722 bits per heavy atom. The lowest BCUT2D eigenvalue weighted by molar-refractivity contribution is -0.189. The van der Waals surface area contributed by atoms with Gasteiger partial charge in [-0.15, -0.1) is 0 Å². The molecule has 0 aliphatic carbocycles. The van der Waals surface area contributed by atoms with E-state index in [0.29, 0.717) is 0 Å². The van der Waals surface area contributed by atoms with Gasteiger partial charge in [-0.1, -0.05) is 0 Å². The van der Waals surface area contributed by atoms with Crippen molar-refractivity contribution in [2.45, 2.75) is 0 Å². The predicted molar refractivity (Wildman–Crippen MR) is 61.0 cm³/mol.